The number of esters is 1. The molecule has 0 bridgehead atoms. The molecule has 0 aromatic carbocycles. The number of hydrogen-bond acceptors (Lipinski definition) is 6. The molecular formula is C17H23N3O4S. The molecule has 0 saturated heterocycles. The van der Waals surface area contributed by atoms with Crippen LogP contribution in [0.1, 0.15) is 31.2 Å². The maximum atomic E-state index is 12.5. The number of aryl methyl sites for hydroxylation is 2. The Hall–Kier alpha value is -2.22. The molecule has 0 saturated carbocycles. The fraction of sp³-hybridized carbons (Fsp3) is 0.529. The van der Waals surface area contributed by atoms with Crippen molar-refractivity contribution >= 4 is 33.4 Å². The summed E-state index contributed by atoms with van der Waals surface area (Å²) in [5.41, 5.74) is 0.601. The maximum absolute atomic E-state index is 12.5. The zero-order valence-corrected chi connectivity index (χ0v) is 15.9. The normalized spacial score (nSPS) is 12.4. The molecule has 2 rings (SSSR count). The minimum atomic E-state index is -0.653. The van der Waals surface area contributed by atoms with Crippen LogP contribution >= 0.6 is 11.3 Å². The maximum Gasteiger partial charge on any atom is 0.326 e. The Balaban J connectivity index is 2.00. The summed E-state index contributed by atoms with van der Waals surface area (Å²) in [5.74, 6) is -0.728. The van der Waals surface area contributed by atoms with Crippen LogP contribution in [0, 0.1) is 19.8 Å². The lowest BCUT2D eigenvalue weighted by atomic mass is 10.1. The molecule has 1 atom stereocenters. The number of nitrogens with one attached hydrogen (secondary N) is 1. The van der Waals surface area contributed by atoms with E-state index in [0.717, 1.165) is 10.4 Å². The molecule has 25 heavy (non-hydrogen) atoms. The van der Waals surface area contributed by atoms with E-state index in [9.17, 15) is 14.4 Å². The second-order valence-corrected chi connectivity index (χ2v) is 7.61. The number of aromatic nitrogens is 2. The third-order valence-electron chi connectivity index (χ3n) is 4.21. The van der Waals surface area contributed by atoms with Crippen molar-refractivity contribution in [2.24, 2.45) is 5.92 Å². The molecule has 0 unspecified atom stereocenters. The molecular weight excluding hydrogens is 342 g/mol. The second-order valence-electron chi connectivity index (χ2n) is 6.40. The molecule has 0 fully saturated rings. The van der Waals surface area contributed by atoms with Crippen LogP contribution in [0.15, 0.2) is 11.1 Å². The highest BCUT2D eigenvalue weighted by Gasteiger charge is 2.16. The van der Waals surface area contributed by atoms with E-state index in [1.165, 1.54) is 22.2 Å². The van der Waals surface area contributed by atoms with Crippen LogP contribution in [0.25, 0.3) is 10.2 Å². The number of carbonyl (C=O) groups excluding carboxylic acids is 2. The molecule has 0 aliphatic rings. The van der Waals surface area contributed by atoms with E-state index in [-0.39, 0.29) is 36.6 Å². The van der Waals surface area contributed by atoms with Gasteiger partial charge in [-0.25, -0.2) is 4.98 Å². The second kappa shape index (κ2) is 7.77. The van der Waals surface area contributed by atoms with Crippen molar-refractivity contribution in [3.63, 3.8) is 0 Å². The first-order chi connectivity index (χ1) is 11.7. The highest BCUT2D eigenvalue weighted by molar-refractivity contribution is 7.18. The zero-order valence-electron chi connectivity index (χ0n) is 15.1. The molecule has 2 heterocycles. The predicted octanol–water partition coefficient (Wildman–Crippen LogP) is 1.78. The number of hydrogen-bond donors (Lipinski definition) is 1. The third kappa shape index (κ3) is 4.45. The molecule has 0 spiro atoms. The van der Waals surface area contributed by atoms with Gasteiger partial charge in [-0.2, -0.15) is 0 Å². The number of nitrogens with zero attached hydrogens (tertiary/aromatic N) is 2. The number of fused-ring (bicyclic) bond motifs is 1. The van der Waals surface area contributed by atoms with Gasteiger partial charge < -0.3 is 10.1 Å². The van der Waals surface area contributed by atoms with Gasteiger partial charge >= 0.3 is 5.97 Å². The average molecular weight is 365 g/mol. The van der Waals surface area contributed by atoms with E-state index in [1.54, 1.807) is 0 Å². The Bertz CT molecular complexity index is 853. The lowest BCUT2D eigenvalue weighted by molar-refractivity contribution is -0.149. The van der Waals surface area contributed by atoms with Gasteiger partial charge in [-0.1, -0.05) is 13.8 Å². The minimum Gasteiger partial charge on any atom is -0.454 e. The molecule has 8 heteroatoms. The summed E-state index contributed by atoms with van der Waals surface area (Å²) in [4.78, 5) is 42.1. The Morgan fingerprint density at radius 2 is 2.00 bits per heavy atom. The van der Waals surface area contributed by atoms with E-state index in [2.05, 4.69) is 10.3 Å². The van der Waals surface area contributed by atoms with Crippen LogP contribution < -0.4 is 10.9 Å². The molecule has 136 valence electrons. The van der Waals surface area contributed by atoms with E-state index in [0.29, 0.717) is 10.2 Å². The van der Waals surface area contributed by atoms with E-state index in [1.807, 2.05) is 34.6 Å². The van der Waals surface area contributed by atoms with E-state index < -0.39 is 5.97 Å². The third-order valence-corrected chi connectivity index (χ3v) is 5.32. The van der Waals surface area contributed by atoms with Crippen molar-refractivity contribution < 1.29 is 14.3 Å². The summed E-state index contributed by atoms with van der Waals surface area (Å²) in [5, 5.41) is 3.28. The van der Waals surface area contributed by atoms with Gasteiger partial charge in [0.2, 0.25) is 0 Å². The van der Waals surface area contributed by atoms with Gasteiger partial charge in [0, 0.05) is 10.9 Å². The Kier molecular flexibility index (Phi) is 5.94. The molecule has 0 aliphatic carbocycles. The topological polar surface area (TPSA) is 90.3 Å². The van der Waals surface area contributed by atoms with Gasteiger partial charge in [0.1, 0.15) is 11.4 Å². The van der Waals surface area contributed by atoms with Crippen LogP contribution in [0.5, 0.6) is 0 Å². The summed E-state index contributed by atoms with van der Waals surface area (Å²) in [6.07, 6.45) is 1.34. The molecule has 1 amide bonds. The zero-order chi connectivity index (χ0) is 18.7. The number of amides is 1. The predicted molar refractivity (Wildman–Crippen MR) is 96.8 cm³/mol. The van der Waals surface area contributed by atoms with Crippen LogP contribution in [0.4, 0.5) is 0 Å². The van der Waals surface area contributed by atoms with Gasteiger partial charge in [-0.15, -0.1) is 11.3 Å². The van der Waals surface area contributed by atoms with Crippen LogP contribution in [-0.4, -0.2) is 34.1 Å². The molecule has 0 aliphatic heterocycles. The van der Waals surface area contributed by atoms with Crippen molar-refractivity contribution in [2.45, 2.75) is 47.2 Å². The van der Waals surface area contributed by atoms with E-state index in [4.69, 9.17) is 4.74 Å². The number of carbonyl (C=O) groups is 2. The fourth-order valence-electron chi connectivity index (χ4n) is 2.18. The van der Waals surface area contributed by atoms with Crippen molar-refractivity contribution in [1.82, 2.24) is 14.9 Å². The van der Waals surface area contributed by atoms with Crippen LogP contribution in [-0.2, 0) is 20.9 Å². The molecule has 1 N–H and O–H groups in total. The van der Waals surface area contributed by atoms with Gasteiger partial charge in [0.05, 0.1) is 11.7 Å². The van der Waals surface area contributed by atoms with Gasteiger partial charge in [0.25, 0.3) is 11.5 Å². The highest BCUT2D eigenvalue weighted by Crippen LogP contribution is 2.25. The first kappa shape index (κ1) is 19.1. The smallest absolute Gasteiger partial charge is 0.326 e. The summed E-state index contributed by atoms with van der Waals surface area (Å²) in [6, 6.07) is -0.00904. The van der Waals surface area contributed by atoms with Crippen LogP contribution in [0.2, 0.25) is 0 Å². The van der Waals surface area contributed by atoms with Crippen molar-refractivity contribution in [2.75, 3.05) is 6.61 Å². The van der Waals surface area contributed by atoms with Crippen molar-refractivity contribution in [3.05, 3.63) is 27.1 Å². The van der Waals surface area contributed by atoms with E-state index >= 15 is 0 Å². The lowest BCUT2D eigenvalue weighted by Gasteiger charge is -2.17. The summed E-state index contributed by atoms with van der Waals surface area (Å²) in [7, 11) is 0. The molecule has 2 aromatic heterocycles. The SMILES string of the molecule is Cc1sc2ncn(CC(=O)OCC(=O)N[C@@H](C)C(C)C)c(=O)c2c1C. The van der Waals surface area contributed by atoms with Gasteiger partial charge in [0.15, 0.2) is 6.61 Å². The van der Waals surface area contributed by atoms with Crippen LogP contribution in [0.3, 0.4) is 0 Å². The van der Waals surface area contributed by atoms with Crippen molar-refractivity contribution in [3.8, 4) is 0 Å². The summed E-state index contributed by atoms with van der Waals surface area (Å²) < 4.78 is 6.16. The lowest BCUT2D eigenvalue weighted by Crippen LogP contribution is -2.39. The molecule has 7 nitrogen and oxygen atoms in total. The summed E-state index contributed by atoms with van der Waals surface area (Å²) in [6.45, 7) is 9.01. The Morgan fingerprint density at radius 3 is 2.64 bits per heavy atom. The minimum absolute atomic E-state index is 0.00904. The first-order valence-electron chi connectivity index (χ1n) is 8.10. The van der Waals surface area contributed by atoms with Gasteiger partial charge in [-0.05, 0) is 32.3 Å². The quantitative estimate of drug-likeness (QED) is 0.788. The average Bonchev–Trinajstić information content (AvgIpc) is 2.83. The van der Waals surface area contributed by atoms with Crippen molar-refractivity contribution in [1.29, 1.82) is 0 Å². The number of thiophene rings is 1. The Labute approximate surface area is 150 Å². The fourth-order valence-corrected chi connectivity index (χ4v) is 3.16. The van der Waals surface area contributed by atoms with Gasteiger partial charge in [-0.3, -0.25) is 19.0 Å². The number of rotatable bonds is 6. The monoisotopic (exact) mass is 365 g/mol. The Morgan fingerprint density at radius 1 is 1.32 bits per heavy atom. The highest BCUT2D eigenvalue weighted by atomic mass is 32.1. The number of ether oxygens (including phenoxy) is 1. The summed E-state index contributed by atoms with van der Waals surface area (Å²) >= 11 is 1.45. The molecule has 2 aromatic rings. The molecule has 0 radical (unpaired) electrons. The first-order valence-corrected chi connectivity index (χ1v) is 8.92. The standard InChI is InChI=1S/C17H23N3O4S/c1-9(2)11(4)19-13(21)7-24-14(22)6-20-8-18-16-15(17(20)23)10(3)12(5)25-16/h8-9,11H,6-7H2,1-5H3,(H,19,21)/t11-/m0/s1. The largest absolute Gasteiger partial charge is 0.454 e.